The fraction of sp³-hybridized carbons (Fsp3) is 0.571. The summed E-state index contributed by atoms with van der Waals surface area (Å²) in [6, 6.07) is 7.29. The zero-order valence-electron chi connectivity index (χ0n) is 11.0. The van der Waals surface area contributed by atoms with Gasteiger partial charge in [-0.25, -0.2) is 0 Å². The molecule has 0 aromatic heterocycles. The van der Waals surface area contributed by atoms with Crippen LogP contribution in [0, 0.1) is 5.92 Å². The SMILES string of the molecule is NCC(c1ccc(Cl)cc1)N1CCC(C(F)(F)F)CC1. The number of hydrogen-bond acceptors (Lipinski definition) is 2. The quantitative estimate of drug-likeness (QED) is 0.924. The molecule has 0 spiro atoms. The first-order valence-electron chi connectivity index (χ1n) is 6.68. The molecule has 1 fully saturated rings. The van der Waals surface area contributed by atoms with E-state index in [9.17, 15) is 13.2 Å². The number of nitrogens with zero attached hydrogens (tertiary/aromatic N) is 1. The third-order valence-electron chi connectivity index (χ3n) is 3.91. The van der Waals surface area contributed by atoms with E-state index in [0.717, 1.165) is 5.56 Å². The van der Waals surface area contributed by atoms with Gasteiger partial charge in [0.2, 0.25) is 0 Å². The first kappa shape index (κ1) is 15.6. The maximum Gasteiger partial charge on any atom is 0.391 e. The molecule has 0 aliphatic carbocycles. The molecule has 1 heterocycles. The fourth-order valence-electron chi connectivity index (χ4n) is 2.72. The van der Waals surface area contributed by atoms with E-state index in [1.165, 1.54) is 0 Å². The van der Waals surface area contributed by atoms with Crippen molar-refractivity contribution in [2.45, 2.75) is 25.1 Å². The third-order valence-corrected chi connectivity index (χ3v) is 4.16. The van der Waals surface area contributed by atoms with Crippen molar-refractivity contribution in [1.82, 2.24) is 4.90 Å². The molecule has 6 heteroatoms. The van der Waals surface area contributed by atoms with Gasteiger partial charge in [0.15, 0.2) is 0 Å². The molecule has 1 aliphatic rings. The minimum absolute atomic E-state index is 0.0403. The van der Waals surface area contributed by atoms with Crippen LogP contribution in [0.2, 0.25) is 5.02 Å². The van der Waals surface area contributed by atoms with Gasteiger partial charge in [0.1, 0.15) is 0 Å². The van der Waals surface area contributed by atoms with Gasteiger partial charge < -0.3 is 5.73 Å². The van der Waals surface area contributed by atoms with Gasteiger partial charge in [-0.3, -0.25) is 4.90 Å². The number of alkyl halides is 3. The molecule has 1 aromatic carbocycles. The number of rotatable bonds is 3. The molecule has 0 bridgehead atoms. The first-order valence-corrected chi connectivity index (χ1v) is 7.06. The highest BCUT2D eigenvalue weighted by Gasteiger charge is 2.41. The molecule has 0 radical (unpaired) electrons. The predicted molar refractivity (Wildman–Crippen MR) is 73.6 cm³/mol. The van der Waals surface area contributed by atoms with Crippen LogP contribution >= 0.6 is 11.6 Å². The molecule has 1 atom stereocenters. The van der Waals surface area contributed by atoms with Crippen LogP contribution in [-0.2, 0) is 0 Å². The van der Waals surface area contributed by atoms with Crippen molar-refractivity contribution in [3.8, 4) is 0 Å². The van der Waals surface area contributed by atoms with Gasteiger partial charge in [-0.15, -0.1) is 0 Å². The van der Waals surface area contributed by atoms with Crippen LogP contribution in [0.3, 0.4) is 0 Å². The summed E-state index contributed by atoms with van der Waals surface area (Å²) >= 11 is 5.84. The Labute approximate surface area is 121 Å². The van der Waals surface area contributed by atoms with E-state index in [-0.39, 0.29) is 18.9 Å². The van der Waals surface area contributed by atoms with E-state index in [2.05, 4.69) is 0 Å². The highest BCUT2D eigenvalue weighted by atomic mass is 35.5. The molecular formula is C14H18ClF3N2. The summed E-state index contributed by atoms with van der Waals surface area (Å²) in [5.74, 6) is -1.18. The molecule has 20 heavy (non-hydrogen) atoms. The van der Waals surface area contributed by atoms with Crippen molar-refractivity contribution < 1.29 is 13.2 Å². The van der Waals surface area contributed by atoms with Crippen LogP contribution in [0.1, 0.15) is 24.4 Å². The summed E-state index contributed by atoms with van der Waals surface area (Å²) in [4.78, 5) is 2.03. The molecule has 1 unspecified atom stereocenters. The second kappa shape index (κ2) is 6.33. The lowest BCUT2D eigenvalue weighted by atomic mass is 9.94. The summed E-state index contributed by atoms with van der Waals surface area (Å²) < 4.78 is 38.0. The van der Waals surface area contributed by atoms with Gasteiger partial charge in [-0.2, -0.15) is 13.2 Å². The highest BCUT2D eigenvalue weighted by molar-refractivity contribution is 6.30. The van der Waals surface area contributed by atoms with Crippen LogP contribution in [0.15, 0.2) is 24.3 Å². The minimum Gasteiger partial charge on any atom is -0.329 e. The highest BCUT2D eigenvalue weighted by Crippen LogP contribution is 2.36. The van der Waals surface area contributed by atoms with Crippen molar-refractivity contribution in [2.24, 2.45) is 11.7 Å². The van der Waals surface area contributed by atoms with E-state index in [4.69, 9.17) is 17.3 Å². The monoisotopic (exact) mass is 306 g/mol. The van der Waals surface area contributed by atoms with Crippen LogP contribution in [0.25, 0.3) is 0 Å². The summed E-state index contributed by atoms with van der Waals surface area (Å²) in [6.45, 7) is 1.24. The number of hydrogen-bond donors (Lipinski definition) is 1. The predicted octanol–water partition coefficient (Wildman–Crippen LogP) is 3.61. The normalized spacial score (nSPS) is 20.1. The largest absolute Gasteiger partial charge is 0.391 e. The van der Waals surface area contributed by atoms with Crippen molar-refractivity contribution in [1.29, 1.82) is 0 Å². The van der Waals surface area contributed by atoms with Gasteiger partial charge in [0, 0.05) is 17.6 Å². The lowest BCUT2D eigenvalue weighted by Crippen LogP contribution is -2.42. The Morgan fingerprint density at radius 3 is 2.20 bits per heavy atom. The summed E-state index contributed by atoms with van der Waals surface area (Å²) in [7, 11) is 0. The Kier molecular flexibility index (Phi) is 4.94. The molecule has 2 N–H and O–H groups in total. The van der Waals surface area contributed by atoms with Crippen molar-refractivity contribution in [2.75, 3.05) is 19.6 Å². The van der Waals surface area contributed by atoms with E-state index in [0.29, 0.717) is 24.7 Å². The van der Waals surface area contributed by atoms with Crippen LogP contribution in [0.5, 0.6) is 0 Å². The molecule has 1 saturated heterocycles. The second-order valence-electron chi connectivity index (χ2n) is 5.15. The molecular weight excluding hydrogens is 289 g/mol. The van der Waals surface area contributed by atoms with Crippen LogP contribution in [-0.4, -0.2) is 30.7 Å². The lowest BCUT2D eigenvalue weighted by Gasteiger charge is -2.37. The minimum atomic E-state index is -4.08. The third kappa shape index (κ3) is 3.65. The second-order valence-corrected chi connectivity index (χ2v) is 5.59. The molecule has 1 aliphatic heterocycles. The van der Waals surface area contributed by atoms with E-state index in [1.54, 1.807) is 12.1 Å². The molecule has 0 amide bonds. The number of halogens is 4. The van der Waals surface area contributed by atoms with E-state index < -0.39 is 12.1 Å². The van der Waals surface area contributed by atoms with Crippen molar-refractivity contribution >= 4 is 11.6 Å². The lowest BCUT2D eigenvalue weighted by molar-refractivity contribution is -0.186. The van der Waals surface area contributed by atoms with Crippen LogP contribution in [0.4, 0.5) is 13.2 Å². The van der Waals surface area contributed by atoms with Gasteiger partial charge in [0.05, 0.1) is 5.92 Å². The van der Waals surface area contributed by atoms with Gasteiger partial charge >= 0.3 is 6.18 Å². The molecule has 1 aromatic rings. The fourth-order valence-corrected chi connectivity index (χ4v) is 2.85. The number of piperidine rings is 1. The standard InChI is InChI=1S/C14H18ClF3N2/c15-12-3-1-10(2-4-12)13(9-19)20-7-5-11(6-8-20)14(16,17)18/h1-4,11,13H,5-9,19H2. The first-order chi connectivity index (χ1) is 9.41. The zero-order valence-corrected chi connectivity index (χ0v) is 11.8. The number of benzene rings is 1. The summed E-state index contributed by atoms with van der Waals surface area (Å²) in [6.07, 6.45) is -3.79. The number of likely N-dealkylation sites (tertiary alicyclic amines) is 1. The Balaban J connectivity index is 2.02. The molecule has 2 nitrogen and oxygen atoms in total. The maximum atomic E-state index is 12.7. The topological polar surface area (TPSA) is 29.3 Å². The smallest absolute Gasteiger partial charge is 0.329 e. The Hall–Kier alpha value is -0.780. The van der Waals surface area contributed by atoms with Gasteiger partial charge in [0.25, 0.3) is 0 Å². The molecule has 0 saturated carbocycles. The number of nitrogens with two attached hydrogens (primary N) is 1. The molecule has 2 rings (SSSR count). The average Bonchev–Trinajstić information content (AvgIpc) is 2.41. The molecule has 112 valence electrons. The Bertz CT molecular complexity index is 425. The van der Waals surface area contributed by atoms with Crippen LogP contribution < -0.4 is 5.73 Å². The van der Waals surface area contributed by atoms with E-state index in [1.807, 2.05) is 17.0 Å². The van der Waals surface area contributed by atoms with Gasteiger partial charge in [-0.1, -0.05) is 23.7 Å². The van der Waals surface area contributed by atoms with E-state index >= 15 is 0 Å². The summed E-state index contributed by atoms with van der Waals surface area (Å²) in [5, 5.41) is 0.639. The van der Waals surface area contributed by atoms with Crippen molar-refractivity contribution in [3.05, 3.63) is 34.9 Å². The summed E-state index contributed by atoms with van der Waals surface area (Å²) in [5.41, 5.74) is 6.80. The average molecular weight is 307 g/mol. The Morgan fingerprint density at radius 2 is 1.75 bits per heavy atom. The van der Waals surface area contributed by atoms with Gasteiger partial charge in [-0.05, 0) is 43.6 Å². The Morgan fingerprint density at radius 1 is 1.20 bits per heavy atom. The maximum absolute atomic E-state index is 12.7. The zero-order chi connectivity index (χ0) is 14.8. The van der Waals surface area contributed by atoms with Crippen molar-refractivity contribution in [3.63, 3.8) is 0 Å².